The number of rotatable bonds is 5. The van der Waals surface area contributed by atoms with Crippen molar-refractivity contribution in [3.05, 3.63) is 41.5 Å². The van der Waals surface area contributed by atoms with Crippen LogP contribution < -0.4 is 5.32 Å². The van der Waals surface area contributed by atoms with Crippen molar-refractivity contribution in [3.8, 4) is 0 Å². The zero-order valence-corrected chi connectivity index (χ0v) is 14.3. The summed E-state index contributed by atoms with van der Waals surface area (Å²) in [5.74, 6) is 0.487. The summed E-state index contributed by atoms with van der Waals surface area (Å²) in [4.78, 5) is 16.9. The quantitative estimate of drug-likeness (QED) is 0.768. The van der Waals surface area contributed by atoms with Gasteiger partial charge in [-0.2, -0.15) is 5.10 Å². The number of aromatic nitrogens is 4. The van der Waals surface area contributed by atoms with Crippen LogP contribution in [0.1, 0.15) is 42.3 Å². The number of fused-ring (bicyclic) bond motifs is 1. The molecule has 1 aromatic carbocycles. The molecule has 2 heterocycles. The van der Waals surface area contributed by atoms with Gasteiger partial charge in [0.25, 0.3) is 12.3 Å². The standard InChI is InChI=1S/C17H19F2N5O/c1-4-15-21-11-8-10(6-7-13(11)24(15)5-2)20-17(25)14-9-12(16(18)19)22-23(14)3/h6-9,16H,4-5H2,1-3H3,(H,20,25). The molecule has 0 aliphatic carbocycles. The molecule has 3 aromatic rings. The maximum Gasteiger partial charge on any atom is 0.282 e. The highest BCUT2D eigenvalue weighted by molar-refractivity contribution is 6.04. The minimum Gasteiger partial charge on any atom is -0.328 e. The molecule has 0 saturated carbocycles. The van der Waals surface area contributed by atoms with Gasteiger partial charge >= 0.3 is 0 Å². The Hall–Kier alpha value is -2.77. The molecule has 6 nitrogen and oxygen atoms in total. The van der Waals surface area contributed by atoms with Gasteiger partial charge in [-0.1, -0.05) is 6.92 Å². The van der Waals surface area contributed by atoms with Crippen LogP contribution in [0.25, 0.3) is 11.0 Å². The van der Waals surface area contributed by atoms with Crippen LogP contribution in [0.4, 0.5) is 14.5 Å². The second-order valence-corrected chi connectivity index (χ2v) is 5.66. The molecule has 1 N–H and O–H groups in total. The maximum absolute atomic E-state index is 12.7. The van der Waals surface area contributed by atoms with Crippen LogP contribution >= 0.6 is 0 Å². The van der Waals surface area contributed by atoms with E-state index in [-0.39, 0.29) is 5.69 Å². The van der Waals surface area contributed by atoms with Crippen LogP contribution in [0.5, 0.6) is 0 Å². The molecule has 25 heavy (non-hydrogen) atoms. The lowest BCUT2D eigenvalue weighted by atomic mass is 10.2. The van der Waals surface area contributed by atoms with Gasteiger partial charge in [0.15, 0.2) is 0 Å². The minimum absolute atomic E-state index is 0.0729. The number of hydrogen-bond donors (Lipinski definition) is 1. The fraction of sp³-hybridized carbons (Fsp3) is 0.353. The summed E-state index contributed by atoms with van der Waals surface area (Å²) < 4.78 is 28.7. The van der Waals surface area contributed by atoms with E-state index in [1.54, 1.807) is 12.1 Å². The van der Waals surface area contributed by atoms with Crippen molar-refractivity contribution in [3.63, 3.8) is 0 Å². The number of alkyl halides is 2. The van der Waals surface area contributed by atoms with Crippen LogP contribution in [-0.4, -0.2) is 25.2 Å². The lowest BCUT2D eigenvalue weighted by molar-refractivity contribution is 0.101. The SMILES string of the molecule is CCc1nc2cc(NC(=O)c3cc(C(F)F)nn3C)ccc2n1CC. The van der Waals surface area contributed by atoms with Gasteiger partial charge in [0.05, 0.1) is 11.0 Å². The van der Waals surface area contributed by atoms with Crippen molar-refractivity contribution < 1.29 is 13.6 Å². The lowest BCUT2D eigenvalue weighted by Crippen LogP contribution is -2.16. The van der Waals surface area contributed by atoms with Gasteiger partial charge in [-0.15, -0.1) is 0 Å². The molecule has 8 heteroatoms. The van der Waals surface area contributed by atoms with Crippen LogP contribution in [-0.2, 0) is 20.0 Å². The number of amides is 1. The van der Waals surface area contributed by atoms with Gasteiger partial charge in [0, 0.05) is 25.7 Å². The van der Waals surface area contributed by atoms with Crippen molar-refractivity contribution in [1.82, 2.24) is 19.3 Å². The monoisotopic (exact) mass is 347 g/mol. The molecule has 0 bridgehead atoms. The first-order valence-corrected chi connectivity index (χ1v) is 8.07. The number of imidazole rings is 1. The second kappa shape index (κ2) is 6.62. The largest absolute Gasteiger partial charge is 0.328 e. The van der Waals surface area contributed by atoms with Crippen LogP contribution in [0, 0.1) is 0 Å². The smallest absolute Gasteiger partial charge is 0.282 e. The Labute approximate surface area is 143 Å². The number of carbonyl (C=O) groups is 1. The second-order valence-electron chi connectivity index (χ2n) is 5.66. The predicted octanol–water partition coefficient (Wildman–Crippen LogP) is 3.54. The summed E-state index contributed by atoms with van der Waals surface area (Å²) in [5, 5.41) is 6.36. The van der Waals surface area contributed by atoms with Crippen molar-refractivity contribution in [2.24, 2.45) is 7.05 Å². The third-order valence-electron chi connectivity index (χ3n) is 4.07. The van der Waals surface area contributed by atoms with Crippen molar-refractivity contribution >= 4 is 22.6 Å². The Morgan fingerprint density at radius 3 is 2.64 bits per heavy atom. The molecule has 0 aliphatic heterocycles. The Bertz CT molecular complexity index is 929. The van der Waals surface area contributed by atoms with E-state index in [9.17, 15) is 13.6 Å². The van der Waals surface area contributed by atoms with Crippen LogP contribution in [0.3, 0.4) is 0 Å². The third-order valence-corrected chi connectivity index (χ3v) is 4.07. The Morgan fingerprint density at radius 2 is 2.04 bits per heavy atom. The van der Waals surface area contributed by atoms with Gasteiger partial charge in [-0.3, -0.25) is 9.48 Å². The summed E-state index contributed by atoms with van der Waals surface area (Å²) in [6.45, 7) is 4.91. The Kier molecular flexibility index (Phi) is 4.52. The molecule has 2 aromatic heterocycles. The van der Waals surface area contributed by atoms with E-state index in [1.165, 1.54) is 7.05 Å². The van der Waals surface area contributed by atoms with Gasteiger partial charge in [0.1, 0.15) is 17.2 Å². The Morgan fingerprint density at radius 1 is 1.28 bits per heavy atom. The number of benzene rings is 1. The lowest BCUT2D eigenvalue weighted by Gasteiger charge is -2.06. The number of halogens is 2. The number of nitrogens with one attached hydrogen (secondary N) is 1. The molecule has 0 atom stereocenters. The highest BCUT2D eigenvalue weighted by Gasteiger charge is 2.19. The molecule has 0 aliphatic rings. The normalized spacial score (nSPS) is 11.4. The molecule has 132 valence electrons. The average Bonchev–Trinajstić information content (AvgIpc) is 3.14. The molecule has 0 spiro atoms. The summed E-state index contributed by atoms with van der Waals surface area (Å²) in [7, 11) is 1.46. The summed E-state index contributed by atoms with van der Waals surface area (Å²) >= 11 is 0. The Balaban J connectivity index is 1.89. The van der Waals surface area contributed by atoms with E-state index in [0.29, 0.717) is 5.69 Å². The molecule has 0 radical (unpaired) electrons. The van der Waals surface area contributed by atoms with Crippen molar-refractivity contribution in [2.45, 2.75) is 33.2 Å². The van der Waals surface area contributed by atoms with Gasteiger partial charge in [-0.05, 0) is 31.2 Å². The molecular formula is C17H19F2N5O. The van der Waals surface area contributed by atoms with E-state index >= 15 is 0 Å². The summed E-state index contributed by atoms with van der Waals surface area (Å²) in [5.41, 5.74) is 1.99. The van der Waals surface area contributed by atoms with E-state index < -0.39 is 18.0 Å². The average molecular weight is 347 g/mol. The first kappa shape index (κ1) is 17.1. The molecule has 0 saturated heterocycles. The molecule has 3 rings (SSSR count). The van der Waals surface area contributed by atoms with Gasteiger partial charge in [-0.25, -0.2) is 13.8 Å². The molecule has 1 amide bonds. The predicted molar refractivity (Wildman–Crippen MR) is 90.9 cm³/mol. The summed E-state index contributed by atoms with van der Waals surface area (Å²) in [6.07, 6.45) is -1.90. The van der Waals surface area contributed by atoms with E-state index in [2.05, 4.69) is 26.9 Å². The third kappa shape index (κ3) is 3.11. The topological polar surface area (TPSA) is 64.7 Å². The highest BCUT2D eigenvalue weighted by Crippen LogP contribution is 2.22. The van der Waals surface area contributed by atoms with Gasteiger partial charge < -0.3 is 9.88 Å². The van der Waals surface area contributed by atoms with Crippen molar-refractivity contribution in [1.29, 1.82) is 0 Å². The van der Waals surface area contributed by atoms with Crippen LogP contribution in [0.15, 0.2) is 24.3 Å². The number of nitrogens with zero attached hydrogens (tertiary/aromatic N) is 4. The fourth-order valence-corrected chi connectivity index (χ4v) is 2.88. The molecule has 0 fully saturated rings. The van der Waals surface area contributed by atoms with Crippen LogP contribution in [0.2, 0.25) is 0 Å². The summed E-state index contributed by atoms with van der Waals surface area (Å²) in [6, 6.07) is 6.55. The first-order valence-electron chi connectivity index (χ1n) is 8.07. The van der Waals surface area contributed by atoms with E-state index in [1.807, 2.05) is 13.0 Å². The first-order chi connectivity index (χ1) is 11.9. The van der Waals surface area contributed by atoms with E-state index in [0.717, 1.165) is 40.6 Å². The van der Waals surface area contributed by atoms with E-state index in [4.69, 9.17) is 0 Å². The number of anilines is 1. The minimum atomic E-state index is -2.71. The number of carbonyl (C=O) groups excluding carboxylic acids is 1. The maximum atomic E-state index is 12.7. The molecular weight excluding hydrogens is 328 g/mol. The highest BCUT2D eigenvalue weighted by atomic mass is 19.3. The zero-order valence-electron chi connectivity index (χ0n) is 14.3. The zero-order chi connectivity index (χ0) is 18.1. The van der Waals surface area contributed by atoms with Crippen molar-refractivity contribution in [2.75, 3.05) is 5.32 Å². The number of hydrogen-bond acceptors (Lipinski definition) is 3. The molecule has 0 unspecified atom stereocenters. The number of aryl methyl sites for hydroxylation is 3. The van der Waals surface area contributed by atoms with Gasteiger partial charge in [0.2, 0.25) is 0 Å². The fourth-order valence-electron chi connectivity index (χ4n) is 2.88.